The molecule has 30 heavy (non-hydrogen) atoms. The minimum Gasteiger partial charge on any atom is -0.355 e. The molecule has 2 heterocycles. The van der Waals surface area contributed by atoms with Crippen LogP contribution in [0, 0.1) is 16.0 Å². The van der Waals surface area contributed by atoms with Crippen LogP contribution in [0.3, 0.4) is 0 Å². The lowest BCUT2D eigenvalue weighted by Gasteiger charge is -2.30. The number of anilines is 1. The number of nitro benzene ring substituents is 1. The Balaban J connectivity index is 1.86. The van der Waals surface area contributed by atoms with Gasteiger partial charge in [-0.3, -0.25) is 10.1 Å². The van der Waals surface area contributed by atoms with E-state index in [2.05, 4.69) is 15.5 Å². The molecule has 1 aliphatic heterocycles. The molecule has 1 N–H and O–H groups in total. The molecule has 1 aromatic heterocycles. The van der Waals surface area contributed by atoms with E-state index in [4.69, 9.17) is 0 Å². The summed E-state index contributed by atoms with van der Waals surface area (Å²) >= 11 is 2.39. The van der Waals surface area contributed by atoms with Crippen LogP contribution in [0.5, 0.6) is 0 Å². The second-order valence-corrected chi connectivity index (χ2v) is 12.6. The summed E-state index contributed by atoms with van der Waals surface area (Å²) in [7, 11) is -3.77. The summed E-state index contributed by atoms with van der Waals surface area (Å²) in [6, 6.07) is 4.05. The van der Waals surface area contributed by atoms with Crippen molar-refractivity contribution in [3.8, 4) is 0 Å². The fourth-order valence-corrected chi connectivity index (χ4v) is 6.74. The van der Waals surface area contributed by atoms with Crippen molar-refractivity contribution < 1.29 is 13.3 Å². The van der Waals surface area contributed by atoms with Crippen LogP contribution in [-0.4, -0.2) is 46.5 Å². The number of aromatic nitrogens is 2. The molecule has 1 aromatic carbocycles. The Morgan fingerprint density at radius 1 is 1.33 bits per heavy atom. The zero-order chi connectivity index (χ0) is 22.1. The van der Waals surface area contributed by atoms with Gasteiger partial charge < -0.3 is 5.32 Å². The smallest absolute Gasteiger partial charge is 0.284 e. The molecule has 3 rings (SSSR count). The highest BCUT2D eigenvalue weighted by atomic mass is 32.2. The van der Waals surface area contributed by atoms with Crippen LogP contribution in [-0.2, 0) is 10.0 Å². The highest BCUT2D eigenvalue weighted by Crippen LogP contribution is 2.39. The van der Waals surface area contributed by atoms with Gasteiger partial charge in [-0.25, -0.2) is 8.42 Å². The van der Waals surface area contributed by atoms with Crippen LogP contribution in [0.4, 0.5) is 10.8 Å². The lowest BCUT2D eigenvalue weighted by atomic mass is 10.0. The Labute approximate surface area is 184 Å². The van der Waals surface area contributed by atoms with E-state index < -0.39 is 14.9 Å². The molecule has 0 bridgehead atoms. The normalized spacial score (nSPS) is 18.3. The Kier molecular flexibility index (Phi) is 6.70. The van der Waals surface area contributed by atoms with E-state index in [9.17, 15) is 18.5 Å². The van der Waals surface area contributed by atoms with E-state index in [1.165, 1.54) is 27.8 Å². The van der Waals surface area contributed by atoms with Gasteiger partial charge >= 0.3 is 0 Å². The Bertz CT molecular complexity index is 1030. The quantitative estimate of drug-likeness (QED) is 0.491. The molecule has 1 unspecified atom stereocenters. The number of sulfonamides is 1. The maximum atomic E-state index is 13.0. The predicted octanol–water partition coefficient (Wildman–Crippen LogP) is 4.23. The van der Waals surface area contributed by atoms with Crippen molar-refractivity contribution in [1.29, 1.82) is 0 Å². The fourth-order valence-electron chi connectivity index (χ4n) is 3.12. The molecule has 0 spiro atoms. The van der Waals surface area contributed by atoms with E-state index in [-0.39, 0.29) is 22.0 Å². The molecular weight excluding hydrogens is 446 g/mol. The van der Waals surface area contributed by atoms with Gasteiger partial charge in [-0.05, 0) is 63.4 Å². The number of nitro groups is 1. The SMILES string of the molecule is CC1CCCN(S(=O)(=O)c2ccc(Sc3nnc(NC(C)(C)C)s3)c([N+](=O)[O-])c2)C1. The zero-order valence-corrected chi connectivity index (χ0v) is 19.7. The number of piperidine rings is 1. The molecule has 1 fully saturated rings. The molecule has 2 aromatic rings. The van der Waals surface area contributed by atoms with Crippen molar-refractivity contribution in [2.24, 2.45) is 5.92 Å². The number of nitrogens with one attached hydrogen (secondary N) is 1. The van der Waals surface area contributed by atoms with Crippen molar-refractivity contribution in [1.82, 2.24) is 14.5 Å². The highest BCUT2D eigenvalue weighted by molar-refractivity contribution is 8.01. The molecule has 12 heteroatoms. The summed E-state index contributed by atoms with van der Waals surface area (Å²) in [5, 5.41) is 23.6. The van der Waals surface area contributed by atoms with Crippen LogP contribution in [0.25, 0.3) is 0 Å². The second kappa shape index (κ2) is 8.77. The van der Waals surface area contributed by atoms with Crippen molar-refractivity contribution in [3.05, 3.63) is 28.3 Å². The molecule has 0 aliphatic carbocycles. The lowest BCUT2D eigenvalue weighted by molar-refractivity contribution is -0.388. The van der Waals surface area contributed by atoms with Crippen LogP contribution in [0.1, 0.15) is 40.5 Å². The van der Waals surface area contributed by atoms with E-state index >= 15 is 0 Å². The first kappa shape index (κ1) is 22.9. The molecule has 164 valence electrons. The average molecular weight is 472 g/mol. The summed E-state index contributed by atoms with van der Waals surface area (Å²) in [6.07, 6.45) is 1.77. The van der Waals surface area contributed by atoms with Gasteiger partial charge in [-0.1, -0.05) is 18.3 Å². The summed E-state index contributed by atoms with van der Waals surface area (Å²) < 4.78 is 27.9. The fraction of sp³-hybridized carbons (Fsp3) is 0.556. The third-order valence-corrected chi connectivity index (χ3v) is 8.29. The molecule has 0 amide bonds. The van der Waals surface area contributed by atoms with Crippen LogP contribution < -0.4 is 5.32 Å². The average Bonchev–Trinajstić information content (AvgIpc) is 3.06. The molecular formula is C18H25N5O4S3. The van der Waals surface area contributed by atoms with E-state index in [1.54, 1.807) is 0 Å². The molecule has 0 radical (unpaired) electrons. The van der Waals surface area contributed by atoms with Crippen LogP contribution in [0.15, 0.2) is 32.3 Å². The number of benzene rings is 1. The topological polar surface area (TPSA) is 118 Å². The summed E-state index contributed by atoms with van der Waals surface area (Å²) in [5.74, 6) is 0.270. The van der Waals surface area contributed by atoms with Crippen LogP contribution in [0.2, 0.25) is 0 Å². The standard InChI is InChI=1S/C18H25N5O4S3/c1-12-6-5-9-22(11-12)30(26,27)13-7-8-15(14(10-13)23(24)25)28-17-21-20-16(29-17)19-18(2,3)4/h7-8,10,12H,5-6,9,11H2,1-4H3,(H,19,20). The van der Waals surface area contributed by atoms with Gasteiger partial charge in [0.25, 0.3) is 5.69 Å². The zero-order valence-electron chi connectivity index (χ0n) is 17.3. The van der Waals surface area contributed by atoms with E-state index in [0.717, 1.165) is 30.7 Å². The maximum Gasteiger partial charge on any atom is 0.284 e. The molecule has 1 atom stereocenters. The van der Waals surface area contributed by atoms with Crippen molar-refractivity contribution in [2.75, 3.05) is 18.4 Å². The van der Waals surface area contributed by atoms with Gasteiger partial charge in [0, 0.05) is 24.7 Å². The molecule has 0 saturated carbocycles. The number of nitrogens with zero attached hydrogens (tertiary/aromatic N) is 4. The Morgan fingerprint density at radius 3 is 2.70 bits per heavy atom. The van der Waals surface area contributed by atoms with Crippen molar-refractivity contribution >= 4 is 43.9 Å². The number of rotatable bonds is 6. The van der Waals surface area contributed by atoms with Crippen LogP contribution >= 0.6 is 23.1 Å². The van der Waals surface area contributed by atoms with E-state index in [1.807, 2.05) is 27.7 Å². The van der Waals surface area contributed by atoms with Crippen molar-refractivity contribution in [3.63, 3.8) is 0 Å². The summed E-state index contributed by atoms with van der Waals surface area (Å²) in [5.41, 5.74) is -0.443. The minimum atomic E-state index is -3.77. The Hall–Kier alpha value is -1.76. The van der Waals surface area contributed by atoms with Gasteiger partial charge in [-0.15, -0.1) is 10.2 Å². The van der Waals surface area contributed by atoms with Gasteiger partial charge in [0.05, 0.1) is 14.7 Å². The van der Waals surface area contributed by atoms with Gasteiger partial charge in [-0.2, -0.15) is 4.31 Å². The number of hydrogen-bond donors (Lipinski definition) is 1. The second-order valence-electron chi connectivity index (χ2n) is 8.35. The van der Waals surface area contributed by atoms with Gasteiger partial charge in [0.1, 0.15) is 0 Å². The third kappa shape index (κ3) is 5.48. The number of hydrogen-bond acceptors (Lipinski definition) is 9. The van der Waals surface area contributed by atoms with E-state index in [0.29, 0.717) is 27.5 Å². The first-order chi connectivity index (χ1) is 14.0. The lowest BCUT2D eigenvalue weighted by Crippen LogP contribution is -2.39. The predicted molar refractivity (Wildman–Crippen MR) is 118 cm³/mol. The monoisotopic (exact) mass is 471 g/mol. The third-order valence-electron chi connectivity index (χ3n) is 4.47. The molecule has 1 saturated heterocycles. The maximum absolute atomic E-state index is 13.0. The Morgan fingerprint density at radius 2 is 2.07 bits per heavy atom. The minimum absolute atomic E-state index is 0.0556. The summed E-state index contributed by atoms with van der Waals surface area (Å²) in [6.45, 7) is 8.86. The summed E-state index contributed by atoms with van der Waals surface area (Å²) in [4.78, 5) is 11.4. The van der Waals surface area contributed by atoms with Gasteiger partial charge in [0.2, 0.25) is 15.2 Å². The van der Waals surface area contributed by atoms with Crippen molar-refractivity contribution in [2.45, 2.75) is 60.2 Å². The highest BCUT2D eigenvalue weighted by Gasteiger charge is 2.31. The first-order valence-electron chi connectivity index (χ1n) is 9.54. The van der Waals surface area contributed by atoms with Gasteiger partial charge in [0.15, 0.2) is 4.34 Å². The molecule has 9 nitrogen and oxygen atoms in total. The molecule has 1 aliphatic rings. The first-order valence-corrected chi connectivity index (χ1v) is 12.6. The largest absolute Gasteiger partial charge is 0.355 e.